The number of benzene rings is 1. The molecule has 0 aliphatic heterocycles. The number of carbonyl (C=O) groups is 1. The van der Waals surface area contributed by atoms with Gasteiger partial charge in [0, 0.05) is 6.21 Å². The van der Waals surface area contributed by atoms with Gasteiger partial charge in [-0.15, -0.1) is 0 Å². The molecule has 1 rings (SSSR count). The molecule has 0 saturated carbocycles. The summed E-state index contributed by atoms with van der Waals surface area (Å²) in [5, 5.41) is 12.9. The van der Waals surface area contributed by atoms with Crippen LogP contribution < -0.4 is 5.43 Å². The molecule has 0 aromatic heterocycles. The number of hydrogen-bond acceptors (Lipinski definition) is 3. The van der Waals surface area contributed by atoms with Crippen LogP contribution in [0.2, 0.25) is 0 Å². The minimum atomic E-state index is -0.919. The fraction of sp³-hybridized carbons (Fsp3) is 0.385. The molecule has 0 unspecified atom stereocenters. The monoisotopic (exact) mass is 234 g/mol. The van der Waals surface area contributed by atoms with Crippen LogP contribution in [0.1, 0.15) is 37.0 Å². The highest BCUT2D eigenvalue weighted by molar-refractivity contribution is 5.88. The maximum Gasteiger partial charge on any atom is 0.335 e. The highest BCUT2D eigenvalue weighted by atomic mass is 16.4. The summed E-state index contributed by atoms with van der Waals surface area (Å²) in [6.45, 7) is 4.25. The predicted octanol–water partition coefficient (Wildman–Crippen LogP) is 3.22. The van der Waals surface area contributed by atoms with Crippen molar-refractivity contribution in [3.63, 3.8) is 0 Å². The van der Waals surface area contributed by atoms with Crippen LogP contribution >= 0.6 is 0 Å². The van der Waals surface area contributed by atoms with E-state index in [4.69, 9.17) is 5.11 Å². The van der Waals surface area contributed by atoms with E-state index in [9.17, 15) is 4.79 Å². The summed E-state index contributed by atoms with van der Waals surface area (Å²) in [6, 6.07) is 6.51. The number of carboxylic acid groups (broad SMARTS) is 1. The van der Waals surface area contributed by atoms with E-state index in [1.165, 1.54) is 0 Å². The lowest BCUT2D eigenvalue weighted by atomic mass is 10.1. The first-order valence-electron chi connectivity index (χ1n) is 5.79. The standard InChI is InChI=1S/C13H18N2O2/c1-3-10(4-2)9-14-15-12-7-5-11(6-8-12)13(16)17/h5-10,15H,3-4H2,1-2H3,(H,16,17). The smallest absolute Gasteiger partial charge is 0.335 e. The normalized spacial score (nSPS) is 11.0. The number of hydrazone groups is 1. The van der Waals surface area contributed by atoms with E-state index in [0.29, 0.717) is 5.92 Å². The average molecular weight is 234 g/mol. The van der Waals surface area contributed by atoms with Crippen LogP contribution in [0.15, 0.2) is 29.4 Å². The van der Waals surface area contributed by atoms with E-state index < -0.39 is 5.97 Å². The first kappa shape index (κ1) is 13.2. The SMILES string of the molecule is CCC(C=NNc1ccc(C(=O)O)cc1)CC. The van der Waals surface area contributed by atoms with Gasteiger partial charge in [-0.05, 0) is 43.0 Å². The van der Waals surface area contributed by atoms with E-state index in [1.54, 1.807) is 24.3 Å². The molecule has 0 aliphatic rings. The molecule has 0 radical (unpaired) electrons. The highest BCUT2D eigenvalue weighted by Crippen LogP contribution is 2.10. The third kappa shape index (κ3) is 4.26. The van der Waals surface area contributed by atoms with Crippen LogP contribution in [-0.4, -0.2) is 17.3 Å². The lowest BCUT2D eigenvalue weighted by molar-refractivity contribution is 0.0697. The Hall–Kier alpha value is -1.84. The number of rotatable bonds is 6. The van der Waals surface area contributed by atoms with Crippen molar-refractivity contribution >= 4 is 17.9 Å². The molecule has 0 aliphatic carbocycles. The Morgan fingerprint density at radius 3 is 2.41 bits per heavy atom. The van der Waals surface area contributed by atoms with Crippen molar-refractivity contribution in [3.8, 4) is 0 Å². The lowest BCUT2D eigenvalue weighted by Gasteiger charge is -2.05. The number of anilines is 1. The van der Waals surface area contributed by atoms with Crippen molar-refractivity contribution in [1.82, 2.24) is 0 Å². The van der Waals surface area contributed by atoms with Gasteiger partial charge >= 0.3 is 5.97 Å². The van der Waals surface area contributed by atoms with Gasteiger partial charge in [0.2, 0.25) is 0 Å². The van der Waals surface area contributed by atoms with Crippen LogP contribution in [-0.2, 0) is 0 Å². The Morgan fingerprint density at radius 1 is 1.35 bits per heavy atom. The summed E-state index contributed by atoms with van der Waals surface area (Å²) >= 11 is 0. The molecule has 1 aromatic rings. The van der Waals surface area contributed by atoms with Crippen molar-refractivity contribution in [1.29, 1.82) is 0 Å². The molecule has 0 saturated heterocycles. The minimum Gasteiger partial charge on any atom is -0.478 e. The van der Waals surface area contributed by atoms with Gasteiger partial charge in [0.05, 0.1) is 11.3 Å². The van der Waals surface area contributed by atoms with Gasteiger partial charge in [0.1, 0.15) is 0 Å². The zero-order valence-corrected chi connectivity index (χ0v) is 10.2. The summed E-state index contributed by atoms with van der Waals surface area (Å²) < 4.78 is 0. The first-order valence-corrected chi connectivity index (χ1v) is 5.79. The molecule has 0 heterocycles. The molecule has 17 heavy (non-hydrogen) atoms. The molecule has 0 fully saturated rings. The molecule has 0 spiro atoms. The molecule has 4 heteroatoms. The second-order valence-corrected chi connectivity index (χ2v) is 3.85. The highest BCUT2D eigenvalue weighted by Gasteiger charge is 2.01. The predicted molar refractivity (Wildman–Crippen MR) is 69.6 cm³/mol. The van der Waals surface area contributed by atoms with Gasteiger partial charge in [-0.25, -0.2) is 4.79 Å². The van der Waals surface area contributed by atoms with Crippen LogP contribution in [0, 0.1) is 5.92 Å². The Kier molecular flexibility index (Phi) is 5.20. The Labute approximate surface area is 101 Å². The summed E-state index contributed by atoms with van der Waals surface area (Å²) in [5.74, 6) is -0.433. The second kappa shape index (κ2) is 6.68. The molecule has 0 bridgehead atoms. The molecule has 2 N–H and O–H groups in total. The Balaban J connectivity index is 2.55. The van der Waals surface area contributed by atoms with Crippen molar-refractivity contribution in [2.45, 2.75) is 26.7 Å². The molecule has 4 nitrogen and oxygen atoms in total. The van der Waals surface area contributed by atoms with Gasteiger partial charge in [-0.3, -0.25) is 5.43 Å². The van der Waals surface area contributed by atoms with Gasteiger partial charge in [-0.2, -0.15) is 5.10 Å². The molecule has 0 amide bonds. The maximum absolute atomic E-state index is 10.6. The van der Waals surface area contributed by atoms with E-state index in [2.05, 4.69) is 24.4 Å². The number of aromatic carboxylic acids is 1. The average Bonchev–Trinajstić information content (AvgIpc) is 2.35. The van der Waals surface area contributed by atoms with Crippen LogP contribution in [0.3, 0.4) is 0 Å². The van der Waals surface area contributed by atoms with Crippen LogP contribution in [0.5, 0.6) is 0 Å². The van der Waals surface area contributed by atoms with E-state index in [-0.39, 0.29) is 5.56 Å². The van der Waals surface area contributed by atoms with E-state index in [1.807, 2.05) is 6.21 Å². The summed E-state index contributed by atoms with van der Waals surface area (Å²) in [4.78, 5) is 10.6. The molecule has 92 valence electrons. The third-order valence-corrected chi connectivity index (χ3v) is 2.66. The van der Waals surface area contributed by atoms with Crippen molar-refractivity contribution in [2.75, 3.05) is 5.43 Å². The summed E-state index contributed by atoms with van der Waals surface area (Å²) in [5.41, 5.74) is 3.95. The Morgan fingerprint density at radius 2 is 1.94 bits per heavy atom. The molecule has 0 atom stereocenters. The van der Waals surface area contributed by atoms with Crippen LogP contribution in [0.4, 0.5) is 5.69 Å². The number of hydrogen-bond donors (Lipinski definition) is 2. The topological polar surface area (TPSA) is 61.7 Å². The van der Waals surface area contributed by atoms with E-state index >= 15 is 0 Å². The van der Waals surface area contributed by atoms with Gasteiger partial charge in [0.15, 0.2) is 0 Å². The quantitative estimate of drug-likeness (QED) is 0.587. The van der Waals surface area contributed by atoms with Gasteiger partial charge < -0.3 is 5.11 Å². The zero-order chi connectivity index (χ0) is 12.7. The second-order valence-electron chi connectivity index (χ2n) is 3.85. The van der Waals surface area contributed by atoms with Gasteiger partial charge in [0.25, 0.3) is 0 Å². The lowest BCUT2D eigenvalue weighted by Crippen LogP contribution is -2.00. The zero-order valence-electron chi connectivity index (χ0n) is 10.2. The fourth-order valence-electron chi connectivity index (χ4n) is 1.40. The number of nitrogens with zero attached hydrogens (tertiary/aromatic N) is 1. The third-order valence-electron chi connectivity index (χ3n) is 2.66. The number of carboxylic acids is 1. The molecule has 1 aromatic carbocycles. The minimum absolute atomic E-state index is 0.277. The van der Waals surface area contributed by atoms with E-state index in [0.717, 1.165) is 18.5 Å². The number of nitrogens with one attached hydrogen (secondary N) is 1. The first-order chi connectivity index (χ1) is 8.17. The Bertz CT molecular complexity index is 381. The fourth-order valence-corrected chi connectivity index (χ4v) is 1.40. The summed E-state index contributed by atoms with van der Waals surface area (Å²) in [7, 11) is 0. The van der Waals surface area contributed by atoms with Crippen LogP contribution in [0.25, 0.3) is 0 Å². The molecular formula is C13H18N2O2. The maximum atomic E-state index is 10.6. The van der Waals surface area contributed by atoms with Crippen molar-refractivity contribution in [3.05, 3.63) is 29.8 Å². The van der Waals surface area contributed by atoms with Gasteiger partial charge in [-0.1, -0.05) is 13.8 Å². The molecular weight excluding hydrogens is 216 g/mol. The largest absolute Gasteiger partial charge is 0.478 e. The van der Waals surface area contributed by atoms with Crippen molar-refractivity contribution < 1.29 is 9.90 Å². The van der Waals surface area contributed by atoms with Crippen molar-refractivity contribution in [2.24, 2.45) is 11.0 Å². The summed E-state index contributed by atoms with van der Waals surface area (Å²) in [6.07, 6.45) is 4.03.